The fourth-order valence-corrected chi connectivity index (χ4v) is 8.86. The molecule has 11 heteroatoms. The molecule has 0 spiro atoms. The number of furan rings is 1. The van der Waals surface area contributed by atoms with Gasteiger partial charge in [-0.3, -0.25) is 14.4 Å². The Balaban J connectivity index is 1.02. The molecule has 2 atom stereocenters. The van der Waals surface area contributed by atoms with Gasteiger partial charge in [-0.2, -0.15) is 0 Å². The van der Waals surface area contributed by atoms with Crippen molar-refractivity contribution in [3.8, 4) is 11.3 Å². The zero-order valence-corrected chi connectivity index (χ0v) is 33.3. The molecule has 0 saturated carbocycles. The molecule has 0 fully saturated rings. The number of fused-ring (bicyclic) bond motifs is 1. The number of carbonyl (C=O) groups is 4. The number of thioether (sulfide) groups is 1. The molecule has 6 aromatic rings. The van der Waals surface area contributed by atoms with Crippen LogP contribution in [0.4, 0.5) is 10.7 Å². The van der Waals surface area contributed by atoms with E-state index in [0.717, 1.165) is 45.7 Å². The highest BCUT2D eigenvalue weighted by Gasteiger charge is 2.31. The van der Waals surface area contributed by atoms with Gasteiger partial charge < -0.3 is 25.1 Å². The highest BCUT2D eigenvalue weighted by atomic mass is 32.2. The third kappa shape index (κ3) is 9.45. The van der Waals surface area contributed by atoms with Gasteiger partial charge in [0.25, 0.3) is 11.8 Å². The van der Waals surface area contributed by atoms with E-state index in [9.17, 15) is 19.2 Å². The third-order valence-corrected chi connectivity index (χ3v) is 12.0. The molecule has 288 valence electrons. The minimum absolute atomic E-state index is 0.00503. The van der Waals surface area contributed by atoms with Crippen molar-refractivity contribution in [2.45, 2.75) is 49.2 Å². The quantitative estimate of drug-likeness (QED) is 0.0640. The van der Waals surface area contributed by atoms with Gasteiger partial charge in [0.05, 0.1) is 17.9 Å². The highest BCUT2D eigenvalue weighted by molar-refractivity contribution is 8.00. The van der Waals surface area contributed by atoms with Crippen LogP contribution in [0.3, 0.4) is 0 Å². The van der Waals surface area contributed by atoms with Crippen LogP contribution in [0, 0.1) is 6.92 Å². The number of anilines is 2. The number of esters is 1. The summed E-state index contributed by atoms with van der Waals surface area (Å²) in [5.74, 6) is -0.323. The van der Waals surface area contributed by atoms with Gasteiger partial charge in [-0.25, -0.2) is 4.79 Å². The molecular weight excluding hydrogens is 755 g/mol. The molecule has 0 bridgehead atoms. The SMILES string of the molecule is COC(=O)c1c(NC(=O)C(C)Sc2ccc(NC(=O)/C(=C/c3ccc(-c4ccc(C)cc4)o3)NC(=O)c3ccccc3)cc2)sc2c1CCC(c1ccccc1)C2. The molecule has 2 heterocycles. The minimum atomic E-state index is -0.545. The van der Waals surface area contributed by atoms with E-state index in [1.807, 2.05) is 73.7 Å². The number of carbonyl (C=O) groups excluding carboxylic acids is 4. The van der Waals surface area contributed by atoms with Crippen molar-refractivity contribution < 1.29 is 28.3 Å². The molecule has 1 aliphatic carbocycles. The summed E-state index contributed by atoms with van der Waals surface area (Å²) in [6, 6.07) is 37.5. The highest BCUT2D eigenvalue weighted by Crippen LogP contribution is 2.43. The topological polar surface area (TPSA) is 127 Å². The van der Waals surface area contributed by atoms with Gasteiger partial charge in [0.15, 0.2) is 0 Å². The predicted molar refractivity (Wildman–Crippen MR) is 227 cm³/mol. The lowest BCUT2D eigenvalue weighted by atomic mass is 9.83. The van der Waals surface area contributed by atoms with Crippen LogP contribution in [0.15, 0.2) is 136 Å². The summed E-state index contributed by atoms with van der Waals surface area (Å²) in [7, 11) is 1.36. The number of benzene rings is 4. The number of thiophene rings is 1. The summed E-state index contributed by atoms with van der Waals surface area (Å²) in [6.45, 7) is 3.81. The Hall–Kier alpha value is -6.17. The maximum atomic E-state index is 13.7. The van der Waals surface area contributed by atoms with Crippen molar-refractivity contribution in [2.75, 3.05) is 17.7 Å². The first-order chi connectivity index (χ1) is 27.6. The second-order valence-corrected chi connectivity index (χ2v) is 16.2. The van der Waals surface area contributed by atoms with Crippen LogP contribution >= 0.6 is 23.1 Å². The predicted octanol–water partition coefficient (Wildman–Crippen LogP) is 9.90. The lowest BCUT2D eigenvalue weighted by Gasteiger charge is -2.22. The summed E-state index contributed by atoms with van der Waals surface area (Å²) in [4.78, 5) is 55.2. The van der Waals surface area contributed by atoms with Gasteiger partial charge in [0.1, 0.15) is 22.2 Å². The van der Waals surface area contributed by atoms with E-state index >= 15 is 0 Å². The maximum absolute atomic E-state index is 13.7. The monoisotopic (exact) mass is 795 g/mol. The largest absolute Gasteiger partial charge is 0.465 e. The van der Waals surface area contributed by atoms with Crippen molar-refractivity contribution >= 4 is 63.6 Å². The molecule has 3 amide bonds. The summed E-state index contributed by atoms with van der Waals surface area (Å²) >= 11 is 2.80. The molecule has 2 unspecified atom stereocenters. The van der Waals surface area contributed by atoms with Gasteiger partial charge in [0, 0.05) is 32.7 Å². The Labute approximate surface area is 339 Å². The second-order valence-electron chi connectivity index (χ2n) is 13.7. The molecule has 0 aliphatic heterocycles. The fraction of sp³-hybridized carbons (Fsp3) is 0.174. The number of hydrogen-bond acceptors (Lipinski definition) is 8. The summed E-state index contributed by atoms with van der Waals surface area (Å²) in [5.41, 5.74) is 5.56. The summed E-state index contributed by atoms with van der Waals surface area (Å²) in [6.07, 6.45) is 3.93. The van der Waals surface area contributed by atoms with Crippen LogP contribution in [0.25, 0.3) is 17.4 Å². The molecule has 57 heavy (non-hydrogen) atoms. The van der Waals surface area contributed by atoms with Crippen molar-refractivity contribution in [1.29, 1.82) is 0 Å². The molecule has 3 N–H and O–H groups in total. The molecule has 2 aromatic heterocycles. The standard InChI is InChI=1S/C46H41N3O6S2/c1-28-14-16-31(17-15-28)39-25-21-35(55-39)27-38(48-43(51)32-12-8-5-9-13-32)44(52)47-34-19-22-36(23-20-34)56-29(2)42(50)49-45-41(46(53)54-3)37-24-18-33(26-40(37)57-45)30-10-6-4-7-11-30/h4-17,19-23,25,27,29,33H,18,24,26H2,1-3H3,(H,47,52)(H,48,51)(H,49,50)/b38-27-. The van der Waals surface area contributed by atoms with Crippen molar-refractivity contribution in [3.63, 3.8) is 0 Å². The molecule has 1 aliphatic rings. The Kier molecular flexibility index (Phi) is 12.2. The van der Waals surface area contributed by atoms with Gasteiger partial charge >= 0.3 is 5.97 Å². The fourth-order valence-electron chi connectivity index (χ4n) is 6.68. The number of hydrogen-bond donors (Lipinski definition) is 3. The van der Waals surface area contributed by atoms with E-state index in [4.69, 9.17) is 9.15 Å². The number of aryl methyl sites for hydroxylation is 1. The average molecular weight is 796 g/mol. The first kappa shape index (κ1) is 39.1. The van der Waals surface area contributed by atoms with E-state index in [0.29, 0.717) is 39.3 Å². The van der Waals surface area contributed by atoms with Gasteiger partial charge in [0.2, 0.25) is 5.91 Å². The Morgan fingerprint density at radius 2 is 1.56 bits per heavy atom. The van der Waals surface area contributed by atoms with Crippen molar-refractivity contribution in [3.05, 3.63) is 165 Å². The number of methoxy groups -OCH3 is 1. The van der Waals surface area contributed by atoms with Crippen LogP contribution in [0.5, 0.6) is 0 Å². The molecule has 0 saturated heterocycles. The third-order valence-electron chi connectivity index (χ3n) is 9.74. The van der Waals surface area contributed by atoms with Crippen molar-refractivity contribution in [2.24, 2.45) is 0 Å². The van der Waals surface area contributed by atoms with E-state index in [2.05, 4.69) is 28.1 Å². The average Bonchev–Trinajstić information content (AvgIpc) is 3.85. The van der Waals surface area contributed by atoms with Crippen LogP contribution in [0.1, 0.15) is 67.3 Å². The van der Waals surface area contributed by atoms with E-state index < -0.39 is 23.0 Å². The zero-order chi connectivity index (χ0) is 39.9. The summed E-state index contributed by atoms with van der Waals surface area (Å²) in [5, 5.41) is 8.63. The van der Waals surface area contributed by atoms with Gasteiger partial charge in [-0.05, 0) is 98.7 Å². The van der Waals surface area contributed by atoms with Gasteiger partial charge in [-0.15, -0.1) is 23.1 Å². The smallest absolute Gasteiger partial charge is 0.341 e. The lowest BCUT2D eigenvalue weighted by Crippen LogP contribution is -2.30. The molecule has 4 aromatic carbocycles. The Bertz CT molecular complexity index is 2420. The Morgan fingerprint density at radius 1 is 0.860 bits per heavy atom. The summed E-state index contributed by atoms with van der Waals surface area (Å²) < 4.78 is 11.2. The second kappa shape index (κ2) is 17.7. The zero-order valence-electron chi connectivity index (χ0n) is 31.7. The van der Waals surface area contributed by atoms with Crippen LogP contribution < -0.4 is 16.0 Å². The normalized spacial score (nSPS) is 14.2. The van der Waals surface area contributed by atoms with Crippen LogP contribution in [-0.4, -0.2) is 36.1 Å². The Morgan fingerprint density at radius 3 is 2.26 bits per heavy atom. The lowest BCUT2D eigenvalue weighted by molar-refractivity contribution is -0.115. The first-order valence-electron chi connectivity index (χ1n) is 18.6. The number of amides is 3. The molecule has 0 radical (unpaired) electrons. The van der Waals surface area contributed by atoms with Crippen LogP contribution in [0.2, 0.25) is 0 Å². The van der Waals surface area contributed by atoms with E-state index in [1.165, 1.54) is 41.8 Å². The van der Waals surface area contributed by atoms with E-state index in [1.54, 1.807) is 49.4 Å². The van der Waals surface area contributed by atoms with E-state index in [-0.39, 0.29) is 11.6 Å². The van der Waals surface area contributed by atoms with Crippen molar-refractivity contribution in [1.82, 2.24) is 5.32 Å². The van der Waals surface area contributed by atoms with Crippen LogP contribution in [-0.2, 0) is 27.2 Å². The van der Waals surface area contributed by atoms with Gasteiger partial charge in [-0.1, -0.05) is 78.4 Å². The molecule has 7 rings (SSSR count). The maximum Gasteiger partial charge on any atom is 0.341 e. The molecule has 9 nitrogen and oxygen atoms in total. The number of nitrogens with one attached hydrogen (secondary N) is 3. The number of ether oxygens (including phenoxy) is 1. The number of rotatable bonds is 12. The minimum Gasteiger partial charge on any atom is -0.465 e. The molecular formula is C46H41N3O6S2. The first-order valence-corrected chi connectivity index (χ1v) is 20.3.